The summed E-state index contributed by atoms with van der Waals surface area (Å²) in [6.07, 6.45) is 1.57. The van der Waals surface area contributed by atoms with Crippen LogP contribution in [0.5, 0.6) is 11.5 Å². The lowest BCUT2D eigenvalue weighted by atomic mass is 10.2. The Hall–Kier alpha value is -3.28. The molecule has 0 saturated carbocycles. The van der Waals surface area contributed by atoms with Gasteiger partial charge in [-0.25, -0.2) is 5.43 Å². The van der Waals surface area contributed by atoms with E-state index in [2.05, 4.69) is 15.5 Å². The van der Waals surface area contributed by atoms with E-state index in [-0.39, 0.29) is 5.91 Å². The third-order valence-corrected chi connectivity index (χ3v) is 3.58. The molecule has 3 rings (SSSR count). The number of hydrazone groups is 1. The van der Waals surface area contributed by atoms with Gasteiger partial charge in [0.1, 0.15) is 17.2 Å². The van der Waals surface area contributed by atoms with Crippen LogP contribution >= 0.6 is 0 Å². The fraction of sp³-hybridized carbons (Fsp3) is 0.111. The minimum Gasteiger partial charge on any atom is -0.497 e. The third kappa shape index (κ3) is 3.22. The van der Waals surface area contributed by atoms with Crippen molar-refractivity contribution in [2.75, 3.05) is 14.2 Å². The zero-order chi connectivity index (χ0) is 16.9. The molecule has 0 unspecified atom stereocenters. The number of nitrogens with one attached hydrogen (secondary N) is 2. The van der Waals surface area contributed by atoms with Crippen LogP contribution in [-0.2, 0) is 0 Å². The molecule has 0 aliphatic heterocycles. The average molecular weight is 323 g/mol. The van der Waals surface area contributed by atoms with E-state index in [0.717, 1.165) is 22.2 Å². The lowest BCUT2D eigenvalue weighted by Gasteiger charge is -1.99. The second kappa shape index (κ2) is 6.87. The Labute approximate surface area is 139 Å². The SMILES string of the molecule is COc1ccc(C=NNC(=O)c2cc3c(OC)cccc3[nH]2)cc1. The van der Waals surface area contributed by atoms with Gasteiger partial charge >= 0.3 is 0 Å². The van der Waals surface area contributed by atoms with E-state index in [1.54, 1.807) is 26.5 Å². The first-order chi connectivity index (χ1) is 11.7. The first-order valence-electron chi connectivity index (χ1n) is 7.34. The van der Waals surface area contributed by atoms with Crippen LogP contribution in [0.2, 0.25) is 0 Å². The number of H-pyrrole nitrogens is 1. The molecule has 24 heavy (non-hydrogen) atoms. The van der Waals surface area contributed by atoms with Gasteiger partial charge in [0.05, 0.1) is 20.4 Å². The molecule has 1 aromatic heterocycles. The van der Waals surface area contributed by atoms with Gasteiger partial charge in [-0.3, -0.25) is 4.79 Å². The number of fused-ring (bicyclic) bond motifs is 1. The number of rotatable bonds is 5. The summed E-state index contributed by atoms with van der Waals surface area (Å²) in [6, 6.07) is 14.7. The van der Waals surface area contributed by atoms with E-state index in [1.165, 1.54) is 0 Å². The molecule has 6 nitrogen and oxygen atoms in total. The highest BCUT2D eigenvalue weighted by Gasteiger charge is 2.11. The Morgan fingerprint density at radius 3 is 2.62 bits per heavy atom. The molecule has 0 aliphatic rings. The van der Waals surface area contributed by atoms with Crippen molar-refractivity contribution in [3.63, 3.8) is 0 Å². The Bertz CT molecular complexity index is 882. The van der Waals surface area contributed by atoms with Crippen LogP contribution in [0, 0.1) is 0 Å². The summed E-state index contributed by atoms with van der Waals surface area (Å²) in [5.41, 5.74) is 4.61. The van der Waals surface area contributed by atoms with Crippen molar-refractivity contribution < 1.29 is 14.3 Å². The summed E-state index contributed by atoms with van der Waals surface area (Å²) in [7, 11) is 3.21. The molecule has 122 valence electrons. The zero-order valence-electron chi connectivity index (χ0n) is 13.4. The van der Waals surface area contributed by atoms with Crippen LogP contribution in [-0.4, -0.2) is 31.3 Å². The molecule has 6 heteroatoms. The van der Waals surface area contributed by atoms with Gasteiger partial charge in [-0.1, -0.05) is 6.07 Å². The van der Waals surface area contributed by atoms with Crippen molar-refractivity contribution >= 4 is 23.0 Å². The smallest absolute Gasteiger partial charge is 0.287 e. The van der Waals surface area contributed by atoms with Gasteiger partial charge in [0.15, 0.2) is 0 Å². The molecule has 1 heterocycles. The number of ether oxygens (including phenoxy) is 2. The maximum Gasteiger partial charge on any atom is 0.287 e. The van der Waals surface area contributed by atoms with Crippen LogP contribution in [0.25, 0.3) is 10.9 Å². The average Bonchev–Trinajstić information content (AvgIpc) is 3.06. The number of hydrogen-bond acceptors (Lipinski definition) is 4. The van der Waals surface area contributed by atoms with Crippen LogP contribution in [0.1, 0.15) is 16.1 Å². The normalized spacial score (nSPS) is 10.9. The van der Waals surface area contributed by atoms with E-state index in [9.17, 15) is 4.79 Å². The Morgan fingerprint density at radius 2 is 1.92 bits per heavy atom. The fourth-order valence-electron chi connectivity index (χ4n) is 2.34. The van der Waals surface area contributed by atoms with Crippen molar-refractivity contribution in [2.24, 2.45) is 5.10 Å². The van der Waals surface area contributed by atoms with Gasteiger partial charge in [-0.2, -0.15) is 5.10 Å². The molecular weight excluding hydrogens is 306 g/mol. The number of aromatic amines is 1. The van der Waals surface area contributed by atoms with E-state index < -0.39 is 0 Å². The number of aromatic nitrogens is 1. The number of methoxy groups -OCH3 is 2. The minimum absolute atomic E-state index is 0.321. The molecule has 0 spiro atoms. The van der Waals surface area contributed by atoms with E-state index in [4.69, 9.17) is 9.47 Å². The number of nitrogens with zero attached hydrogens (tertiary/aromatic N) is 1. The lowest BCUT2D eigenvalue weighted by molar-refractivity contribution is 0.0951. The summed E-state index contributed by atoms with van der Waals surface area (Å²) < 4.78 is 10.4. The van der Waals surface area contributed by atoms with E-state index >= 15 is 0 Å². The first-order valence-corrected chi connectivity index (χ1v) is 7.34. The van der Waals surface area contributed by atoms with Crippen molar-refractivity contribution in [2.45, 2.75) is 0 Å². The van der Waals surface area contributed by atoms with Crippen LogP contribution in [0.3, 0.4) is 0 Å². The van der Waals surface area contributed by atoms with Crippen LogP contribution in [0.15, 0.2) is 53.6 Å². The predicted molar refractivity (Wildman–Crippen MR) is 92.9 cm³/mol. The predicted octanol–water partition coefficient (Wildman–Crippen LogP) is 2.95. The highest BCUT2D eigenvalue weighted by Crippen LogP contribution is 2.25. The number of hydrogen-bond donors (Lipinski definition) is 2. The minimum atomic E-state index is -0.321. The summed E-state index contributed by atoms with van der Waals surface area (Å²) in [5, 5.41) is 4.82. The van der Waals surface area contributed by atoms with Gasteiger partial charge in [0.25, 0.3) is 5.91 Å². The number of carbonyl (C=O) groups excluding carboxylic acids is 1. The van der Waals surface area contributed by atoms with Crippen molar-refractivity contribution in [1.29, 1.82) is 0 Å². The van der Waals surface area contributed by atoms with E-state index in [0.29, 0.717) is 11.4 Å². The molecule has 3 aromatic rings. The molecule has 0 aliphatic carbocycles. The number of carbonyl (C=O) groups is 1. The summed E-state index contributed by atoms with van der Waals surface area (Å²) in [4.78, 5) is 15.2. The zero-order valence-corrected chi connectivity index (χ0v) is 13.4. The Kier molecular flexibility index (Phi) is 4.47. The summed E-state index contributed by atoms with van der Waals surface area (Å²) >= 11 is 0. The van der Waals surface area contributed by atoms with Crippen molar-refractivity contribution in [1.82, 2.24) is 10.4 Å². The fourth-order valence-corrected chi connectivity index (χ4v) is 2.34. The second-order valence-corrected chi connectivity index (χ2v) is 5.08. The molecular formula is C18H17N3O3. The van der Waals surface area contributed by atoms with Gasteiger partial charge in [0, 0.05) is 10.9 Å². The standard InChI is InChI=1S/C18H17N3O3/c1-23-13-8-6-12(7-9-13)11-19-21-18(22)16-10-14-15(20-16)4-3-5-17(14)24-2/h3-11,20H,1-2H3,(H,21,22). The summed E-state index contributed by atoms with van der Waals surface area (Å²) in [6.45, 7) is 0. The number of amides is 1. The second-order valence-electron chi connectivity index (χ2n) is 5.08. The summed E-state index contributed by atoms with van der Waals surface area (Å²) in [5.74, 6) is 1.16. The molecule has 0 atom stereocenters. The highest BCUT2D eigenvalue weighted by molar-refractivity contribution is 6.00. The van der Waals surface area contributed by atoms with E-state index in [1.807, 2.05) is 42.5 Å². The maximum atomic E-state index is 12.2. The largest absolute Gasteiger partial charge is 0.497 e. The monoisotopic (exact) mass is 323 g/mol. The third-order valence-electron chi connectivity index (χ3n) is 3.58. The molecule has 0 fully saturated rings. The van der Waals surface area contributed by atoms with Crippen LogP contribution in [0.4, 0.5) is 0 Å². The molecule has 0 radical (unpaired) electrons. The topological polar surface area (TPSA) is 75.7 Å². The lowest BCUT2D eigenvalue weighted by Crippen LogP contribution is -2.17. The molecule has 2 N–H and O–H groups in total. The Morgan fingerprint density at radius 1 is 1.12 bits per heavy atom. The van der Waals surface area contributed by atoms with Gasteiger partial charge in [0.2, 0.25) is 0 Å². The van der Waals surface area contributed by atoms with Crippen molar-refractivity contribution in [3.8, 4) is 11.5 Å². The van der Waals surface area contributed by atoms with Gasteiger partial charge < -0.3 is 14.5 Å². The van der Waals surface area contributed by atoms with Gasteiger partial charge in [-0.15, -0.1) is 0 Å². The Balaban J connectivity index is 1.71. The maximum absolute atomic E-state index is 12.2. The van der Waals surface area contributed by atoms with Crippen LogP contribution < -0.4 is 14.9 Å². The van der Waals surface area contributed by atoms with Gasteiger partial charge in [-0.05, 0) is 48.0 Å². The number of benzene rings is 2. The molecule has 0 saturated heterocycles. The highest BCUT2D eigenvalue weighted by atomic mass is 16.5. The molecule has 1 amide bonds. The molecule has 2 aromatic carbocycles. The van der Waals surface area contributed by atoms with Crippen molar-refractivity contribution in [3.05, 3.63) is 59.8 Å². The quantitative estimate of drug-likeness (QED) is 0.560. The molecule has 0 bridgehead atoms. The first kappa shape index (κ1) is 15.6.